The molecule has 0 aromatic carbocycles. The molecule has 0 rings (SSSR count). The molecular weight excluding hydrogens is 235 g/mol. The Morgan fingerprint density at radius 1 is 1.10 bits per heavy atom. The molecule has 0 aromatic heterocycles. The predicted octanol–water partition coefficient (Wildman–Crippen LogP) is 0.0129. The zero-order valence-corrected chi connectivity index (χ0v) is 10.6. The van der Waals surface area contributed by atoms with Crippen LogP contribution in [0, 0.1) is 0 Å². The van der Waals surface area contributed by atoms with Crippen molar-refractivity contribution in [1.82, 2.24) is 0 Å². The summed E-state index contributed by atoms with van der Waals surface area (Å²) in [6.45, 7) is -4.53. The molecule has 56 valence electrons. The third-order valence-electron chi connectivity index (χ3n) is 0.915. The maximum absolute atomic E-state index is 11.4. The van der Waals surface area contributed by atoms with Crippen LogP contribution in [0.1, 0.15) is 12.8 Å². The minimum Gasteiger partial charge on any atom is -0.449 e. The van der Waals surface area contributed by atoms with Crippen molar-refractivity contribution in [2.75, 3.05) is 5.33 Å². The van der Waals surface area contributed by atoms with Gasteiger partial charge >= 0.3 is 58.4 Å². The topological polar surface area (TPSA) is 0 Å². The molecule has 0 atom stereocenters. The molecule has 0 spiro atoms. The first kappa shape index (κ1) is 14.5. The van der Waals surface area contributed by atoms with Gasteiger partial charge in [0.05, 0.1) is 0 Å². The van der Waals surface area contributed by atoms with Gasteiger partial charge in [0.1, 0.15) is 0 Å². The van der Waals surface area contributed by atoms with Gasteiger partial charge in [0, 0.05) is 5.33 Å². The fourth-order valence-corrected chi connectivity index (χ4v) is 0.867. The van der Waals surface area contributed by atoms with Crippen LogP contribution in [0.25, 0.3) is 0 Å². The Balaban J connectivity index is 0. The molecule has 0 bridgehead atoms. The maximum Gasteiger partial charge on any atom is 1.00 e. The fraction of sp³-hybridized carbons (Fsp3) is 1.00. The average molecular weight is 243 g/mol. The number of rotatable bonds is 4. The molecule has 0 aliphatic heterocycles. The minimum atomic E-state index is -4.53. The van der Waals surface area contributed by atoms with Gasteiger partial charge in [-0.2, -0.15) is 0 Å². The Morgan fingerprint density at radius 3 is 1.90 bits per heavy atom. The van der Waals surface area contributed by atoms with Crippen LogP contribution in [0.4, 0.5) is 12.9 Å². The summed E-state index contributed by atoms with van der Waals surface area (Å²) in [5.74, 6) is 0. The summed E-state index contributed by atoms with van der Waals surface area (Å²) < 4.78 is 34.3. The fourth-order valence-electron chi connectivity index (χ4n) is 0.470. The molecule has 0 nitrogen and oxygen atoms in total. The first-order valence-electron chi connectivity index (χ1n) is 2.83. The minimum absolute atomic E-state index is 0. The Labute approximate surface area is 110 Å². The second-order valence-corrected chi connectivity index (χ2v) is 2.69. The molecule has 0 heterocycles. The Hall–Kier alpha value is 1.97. The normalized spacial score (nSPS) is 10.8. The van der Waals surface area contributed by atoms with Crippen molar-refractivity contribution < 1.29 is 64.3 Å². The van der Waals surface area contributed by atoms with E-state index in [4.69, 9.17) is 0 Å². The van der Waals surface area contributed by atoms with E-state index in [1.165, 1.54) is 0 Å². The summed E-state index contributed by atoms with van der Waals surface area (Å²) in [5, 5.41) is 0.666. The van der Waals surface area contributed by atoms with E-state index in [0.717, 1.165) is 0 Å². The van der Waals surface area contributed by atoms with Gasteiger partial charge in [-0.05, 0) is 6.42 Å². The Kier molecular flexibility index (Phi) is 11.0. The number of alkyl halides is 1. The van der Waals surface area contributed by atoms with Crippen LogP contribution in [0.3, 0.4) is 0 Å². The van der Waals surface area contributed by atoms with Crippen LogP contribution in [-0.4, -0.2) is 12.3 Å². The number of hydrogen-bond donors (Lipinski definition) is 0. The summed E-state index contributed by atoms with van der Waals surface area (Å²) in [7, 11) is 0. The van der Waals surface area contributed by atoms with E-state index in [2.05, 4.69) is 15.9 Å². The summed E-state index contributed by atoms with van der Waals surface area (Å²) >= 11 is 3.06. The Morgan fingerprint density at radius 2 is 1.60 bits per heavy atom. The van der Waals surface area contributed by atoms with Gasteiger partial charge in [-0.25, -0.2) is 0 Å². The van der Waals surface area contributed by atoms with E-state index in [0.29, 0.717) is 11.8 Å². The molecule has 0 fully saturated rings. The van der Waals surface area contributed by atoms with Crippen LogP contribution in [0.5, 0.6) is 0 Å². The van der Waals surface area contributed by atoms with Gasteiger partial charge in [0.15, 0.2) is 0 Å². The van der Waals surface area contributed by atoms with E-state index in [1.54, 1.807) is 0 Å². The summed E-state index contributed by atoms with van der Waals surface area (Å²) in [4.78, 5) is 0. The molecule has 0 aliphatic carbocycles. The summed E-state index contributed by atoms with van der Waals surface area (Å²) in [5.41, 5.74) is 0. The molecular formula is C4H8BBrF3K. The standard InChI is InChI=1S/C4H8BBrF3.K/c6-4-2-1-3-5(7,8)9;/h1-4H2;/q-1;+1. The van der Waals surface area contributed by atoms with Crippen LogP contribution < -0.4 is 51.4 Å². The zero-order valence-electron chi connectivity index (χ0n) is 5.92. The summed E-state index contributed by atoms with van der Waals surface area (Å²) in [6.07, 6.45) is 0.279. The van der Waals surface area contributed by atoms with Crippen molar-refractivity contribution in [1.29, 1.82) is 0 Å². The van der Waals surface area contributed by atoms with E-state index >= 15 is 0 Å². The van der Waals surface area contributed by atoms with Crippen LogP contribution in [0.15, 0.2) is 0 Å². The molecule has 0 saturated carbocycles. The smallest absolute Gasteiger partial charge is 0.449 e. The van der Waals surface area contributed by atoms with E-state index in [9.17, 15) is 12.9 Å². The first-order valence-corrected chi connectivity index (χ1v) is 3.95. The van der Waals surface area contributed by atoms with Gasteiger partial charge in [0.2, 0.25) is 0 Å². The van der Waals surface area contributed by atoms with Crippen LogP contribution >= 0.6 is 15.9 Å². The number of unbranched alkanes of at least 4 members (excludes halogenated alkanes) is 1. The zero-order chi connectivity index (χ0) is 7.33. The SMILES string of the molecule is F[B-](F)(F)CCCCBr.[K+]. The van der Waals surface area contributed by atoms with Crippen LogP contribution in [-0.2, 0) is 0 Å². The van der Waals surface area contributed by atoms with E-state index < -0.39 is 13.3 Å². The number of halogens is 4. The molecule has 6 heteroatoms. The van der Waals surface area contributed by atoms with Crippen molar-refractivity contribution in [2.45, 2.75) is 19.2 Å². The molecule has 0 unspecified atom stereocenters. The molecule has 0 N–H and O–H groups in total. The van der Waals surface area contributed by atoms with Crippen molar-refractivity contribution in [2.24, 2.45) is 0 Å². The molecule has 0 radical (unpaired) electrons. The van der Waals surface area contributed by atoms with Crippen molar-refractivity contribution in [3.63, 3.8) is 0 Å². The largest absolute Gasteiger partial charge is 1.00 e. The summed E-state index contributed by atoms with van der Waals surface area (Å²) in [6, 6.07) is 0. The molecule has 0 aromatic rings. The second kappa shape index (κ2) is 7.61. The van der Waals surface area contributed by atoms with Gasteiger partial charge in [-0.1, -0.05) is 28.7 Å². The molecule has 0 aliphatic rings. The maximum atomic E-state index is 11.4. The number of hydrogen-bond acceptors (Lipinski definition) is 0. The van der Waals surface area contributed by atoms with E-state index in [1.807, 2.05) is 0 Å². The molecule has 10 heavy (non-hydrogen) atoms. The molecule has 0 saturated heterocycles. The van der Waals surface area contributed by atoms with Gasteiger partial charge in [-0.3, -0.25) is 0 Å². The van der Waals surface area contributed by atoms with Crippen molar-refractivity contribution in [3.05, 3.63) is 0 Å². The second-order valence-electron chi connectivity index (χ2n) is 1.90. The van der Waals surface area contributed by atoms with E-state index in [-0.39, 0.29) is 57.8 Å². The van der Waals surface area contributed by atoms with Gasteiger partial charge in [-0.15, -0.1) is 0 Å². The van der Waals surface area contributed by atoms with Crippen molar-refractivity contribution >= 4 is 22.9 Å². The van der Waals surface area contributed by atoms with Gasteiger partial charge < -0.3 is 12.9 Å². The quantitative estimate of drug-likeness (QED) is 0.370. The monoisotopic (exact) mass is 242 g/mol. The first-order chi connectivity index (χ1) is 4.06. The molecule has 0 amide bonds. The van der Waals surface area contributed by atoms with Crippen LogP contribution in [0.2, 0.25) is 6.32 Å². The average Bonchev–Trinajstić information content (AvgIpc) is 1.63. The predicted molar refractivity (Wildman–Crippen MR) is 36.9 cm³/mol. The third kappa shape index (κ3) is 12.6. The van der Waals surface area contributed by atoms with Gasteiger partial charge in [0.25, 0.3) is 0 Å². The van der Waals surface area contributed by atoms with Crippen molar-refractivity contribution in [3.8, 4) is 0 Å². The third-order valence-corrected chi connectivity index (χ3v) is 1.48. The Bertz CT molecular complexity index is 77.4.